The summed E-state index contributed by atoms with van der Waals surface area (Å²) >= 11 is 0. The quantitative estimate of drug-likeness (QED) is 0.716. The van der Waals surface area contributed by atoms with Gasteiger partial charge in [0.2, 0.25) is 0 Å². The molecule has 0 radical (unpaired) electrons. The lowest BCUT2D eigenvalue weighted by molar-refractivity contribution is -0.140. The zero-order valence-electron chi connectivity index (χ0n) is 6.70. The van der Waals surface area contributed by atoms with E-state index in [2.05, 4.69) is 5.16 Å². The number of aromatic nitrogens is 1. The fourth-order valence-corrected chi connectivity index (χ4v) is 1.28. The number of carbonyl (C=O) groups is 1. The van der Waals surface area contributed by atoms with Crippen LogP contribution in [0.2, 0.25) is 0 Å². The topological polar surface area (TPSA) is 63.3 Å². The van der Waals surface area contributed by atoms with Gasteiger partial charge in [0.05, 0.1) is 5.69 Å². The lowest BCUT2D eigenvalue weighted by Gasteiger charge is -2.01. The summed E-state index contributed by atoms with van der Waals surface area (Å²) in [6, 6.07) is 1.70. The van der Waals surface area contributed by atoms with Gasteiger partial charge in [-0.3, -0.25) is 4.79 Å². The third kappa shape index (κ3) is 0.841. The molecule has 1 saturated carbocycles. The van der Waals surface area contributed by atoms with Gasteiger partial charge in [0.1, 0.15) is 5.41 Å². The molecule has 0 unspecified atom stereocenters. The van der Waals surface area contributed by atoms with Crippen LogP contribution in [0.15, 0.2) is 10.6 Å². The van der Waals surface area contributed by atoms with E-state index in [9.17, 15) is 4.79 Å². The van der Waals surface area contributed by atoms with Crippen molar-refractivity contribution in [2.45, 2.75) is 25.2 Å². The molecule has 0 spiro atoms. The molecule has 4 heteroatoms. The first-order chi connectivity index (χ1) is 5.65. The van der Waals surface area contributed by atoms with Crippen molar-refractivity contribution in [3.8, 4) is 0 Å². The molecule has 1 aliphatic carbocycles. The minimum absolute atomic E-state index is 0.493. The zero-order valence-corrected chi connectivity index (χ0v) is 6.70. The Bertz CT molecular complexity index is 325. The highest BCUT2D eigenvalue weighted by Crippen LogP contribution is 2.48. The average Bonchev–Trinajstić information content (AvgIpc) is 2.71. The Morgan fingerprint density at radius 2 is 2.42 bits per heavy atom. The van der Waals surface area contributed by atoms with Crippen molar-refractivity contribution in [3.63, 3.8) is 0 Å². The monoisotopic (exact) mass is 167 g/mol. The van der Waals surface area contributed by atoms with E-state index in [4.69, 9.17) is 9.63 Å². The molecule has 0 amide bonds. The van der Waals surface area contributed by atoms with Gasteiger partial charge in [0.25, 0.3) is 0 Å². The Morgan fingerprint density at radius 3 is 2.75 bits per heavy atom. The highest BCUT2D eigenvalue weighted by atomic mass is 16.5. The molecule has 1 aromatic heterocycles. The number of carboxylic acid groups (broad SMARTS) is 1. The van der Waals surface area contributed by atoms with Crippen molar-refractivity contribution in [1.29, 1.82) is 0 Å². The average molecular weight is 167 g/mol. The minimum atomic E-state index is -0.807. The van der Waals surface area contributed by atoms with Crippen LogP contribution in [-0.2, 0) is 10.2 Å². The third-order valence-corrected chi connectivity index (χ3v) is 2.26. The first-order valence-corrected chi connectivity index (χ1v) is 3.82. The molecule has 1 fully saturated rings. The molecule has 2 rings (SSSR count). The van der Waals surface area contributed by atoms with Gasteiger partial charge in [-0.15, -0.1) is 0 Å². The van der Waals surface area contributed by atoms with Gasteiger partial charge in [-0.05, 0) is 19.8 Å². The van der Waals surface area contributed by atoms with Gasteiger partial charge in [-0.2, -0.15) is 0 Å². The molecule has 0 atom stereocenters. The molecule has 0 bridgehead atoms. The predicted molar refractivity (Wildman–Crippen MR) is 39.8 cm³/mol. The first-order valence-electron chi connectivity index (χ1n) is 3.82. The Kier molecular flexibility index (Phi) is 1.28. The lowest BCUT2D eigenvalue weighted by atomic mass is 10.0. The SMILES string of the molecule is Cc1cc(C2(C(=O)O)CC2)on1. The Balaban J connectivity index is 2.36. The van der Waals surface area contributed by atoms with E-state index in [1.54, 1.807) is 13.0 Å². The van der Waals surface area contributed by atoms with Crippen molar-refractivity contribution in [1.82, 2.24) is 5.16 Å². The maximum atomic E-state index is 10.8. The lowest BCUT2D eigenvalue weighted by Crippen LogP contribution is -2.18. The van der Waals surface area contributed by atoms with Crippen LogP contribution in [0.1, 0.15) is 24.3 Å². The van der Waals surface area contributed by atoms with Crippen LogP contribution in [0.3, 0.4) is 0 Å². The maximum Gasteiger partial charge on any atom is 0.317 e. The molecular weight excluding hydrogens is 158 g/mol. The van der Waals surface area contributed by atoms with Crippen LogP contribution in [0, 0.1) is 6.92 Å². The first kappa shape index (κ1) is 7.34. The number of nitrogens with zero attached hydrogens (tertiary/aromatic N) is 1. The van der Waals surface area contributed by atoms with Crippen molar-refractivity contribution >= 4 is 5.97 Å². The highest BCUT2D eigenvalue weighted by molar-refractivity contribution is 5.83. The van der Waals surface area contributed by atoms with E-state index in [-0.39, 0.29) is 0 Å². The third-order valence-electron chi connectivity index (χ3n) is 2.26. The number of hydrogen-bond acceptors (Lipinski definition) is 3. The second-order valence-electron chi connectivity index (χ2n) is 3.22. The molecule has 1 heterocycles. The van der Waals surface area contributed by atoms with E-state index < -0.39 is 11.4 Å². The van der Waals surface area contributed by atoms with Gasteiger partial charge in [0, 0.05) is 6.07 Å². The van der Waals surface area contributed by atoms with Gasteiger partial charge in [-0.1, -0.05) is 5.16 Å². The van der Waals surface area contributed by atoms with Crippen LogP contribution in [0.25, 0.3) is 0 Å². The summed E-state index contributed by atoms with van der Waals surface area (Å²) in [6.45, 7) is 1.78. The van der Waals surface area contributed by atoms with Crippen LogP contribution < -0.4 is 0 Å². The molecule has 0 aliphatic heterocycles. The molecule has 1 aliphatic rings. The largest absolute Gasteiger partial charge is 0.480 e. The normalized spacial score (nSPS) is 19.1. The van der Waals surface area contributed by atoms with Gasteiger partial charge < -0.3 is 9.63 Å². The Hall–Kier alpha value is -1.32. The van der Waals surface area contributed by atoms with Crippen LogP contribution in [0.5, 0.6) is 0 Å². The zero-order chi connectivity index (χ0) is 8.77. The van der Waals surface area contributed by atoms with Gasteiger partial charge in [-0.25, -0.2) is 0 Å². The molecule has 4 nitrogen and oxygen atoms in total. The highest BCUT2D eigenvalue weighted by Gasteiger charge is 2.55. The molecule has 12 heavy (non-hydrogen) atoms. The van der Waals surface area contributed by atoms with E-state index in [0.717, 1.165) is 5.69 Å². The second-order valence-corrected chi connectivity index (χ2v) is 3.22. The van der Waals surface area contributed by atoms with Crippen molar-refractivity contribution < 1.29 is 14.4 Å². The predicted octanol–water partition coefficient (Wildman–Crippen LogP) is 1.10. The summed E-state index contributed by atoms with van der Waals surface area (Å²) in [5, 5.41) is 12.5. The Morgan fingerprint density at radius 1 is 1.75 bits per heavy atom. The molecule has 1 aromatic rings. The molecule has 64 valence electrons. The summed E-state index contributed by atoms with van der Waals surface area (Å²) in [5.74, 6) is -0.314. The maximum absolute atomic E-state index is 10.8. The number of carboxylic acids is 1. The van der Waals surface area contributed by atoms with Crippen molar-refractivity contribution in [2.75, 3.05) is 0 Å². The molecular formula is C8H9NO3. The summed E-state index contributed by atoms with van der Waals surface area (Å²) < 4.78 is 4.92. The Labute approximate surface area is 69.2 Å². The number of hydrogen-bond donors (Lipinski definition) is 1. The van der Waals surface area contributed by atoms with E-state index >= 15 is 0 Å². The summed E-state index contributed by atoms with van der Waals surface area (Å²) in [7, 11) is 0. The second kappa shape index (κ2) is 2.09. The fraction of sp³-hybridized carbons (Fsp3) is 0.500. The molecule has 0 saturated heterocycles. The van der Waals surface area contributed by atoms with E-state index in [1.165, 1.54) is 0 Å². The summed E-state index contributed by atoms with van der Waals surface area (Å²) in [4.78, 5) is 10.8. The van der Waals surface area contributed by atoms with Crippen molar-refractivity contribution in [2.24, 2.45) is 0 Å². The summed E-state index contributed by atoms with van der Waals surface area (Å²) in [6.07, 6.45) is 1.33. The van der Waals surface area contributed by atoms with Gasteiger partial charge in [0.15, 0.2) is 5.76 Å². The smallest absolute Gasteiger partial charge is 0.317 e. The van der Waals surface area contributed by atoms with Gasteiger partial charge >= 0.3 is 5.97 Å². The van der Waals surface area contributed by atoms with Crippen LogP contribution in [-0.4, -0.2) is 16.2 Å². The van der Waals surface area contributed by atoms with E-state index in [1.807, 2.05) is 0 Å². The van der Waals surface area contributed by atoms with E-state index in [0.29, 0.717) is 18.6 Å². The number of aliphatic carboxylic acids is 1. The molecule has 1 N–H and O–H groups in total. The molecule has 0 aromatic carbocycles. The number of rotatable bonds is 2. The fourth-order valence-electron chi connectivity index (χ4n) is 1.28. The van der Waals surface area contributed by atoms with Crippen LogP contribution in [0.4, 0.5) is 0 Å². The van der Waals surface area contributed by atoms with Crippen molar-refractivity contribution in [3.05, 3.63) is 17.5 Å². The number of aryl methyl sites for hydroxylation is 1. The standard InChI is InChI=1S/C8H9NO3/c1-5-4-6(12-9-5)8(2-3-8)7(10)11/h4H,2-3H2,1H3,(H,10,11). The summed E-state index contributed by atoms with van der Waals surface area (Å²) in [5.41, 5.74) is -0.0149. The van der Waals surface area contributed by atoms with Crippen LogP contribution >= 0.6 is 0 Å². The minimum Gasteiger partial charge on any atom is -0.480 e.